The number of para-hydroxylation sites is 1. The van der Waals surface area contributed by atoms with Gasteiger partial charge in [-0.25, -0.2) is 4.68 Å². The van der Waals surface area contributed by atoms with E-state index in [2.05, 4.69) is 5.10 Å². The summed E-state index contributed by atoms with van der Waals surface area (Å²) >= 11 is 0. The van der Waals surface area contributed by atoms with Crippen molar-refractivity contribution in [2.45, 2.75) is 26.9 Å². The number of nitrogen functional groups attached to an aromatic ring is 1. The maximum atomic E-state index is 6.09. The van der Waals surface area contributed by atoms with Crippen LogP contribution in [0.5, 0.6) is 5.75 Å². The minimum atomic E-state index is 0.104. The first-order valence-corrected chi connectivity index (χ1v) is 5.64. The molecule has 2 N–H and O–H groups in total. The average Bonchev–Trinajstić information content (AvgIpc) is 2.67. The van der Waals surface area contributed by atoms with Gasteiger partial charge in [0.25, 0.3) is 0 Å². The first kappa shape index (κ1) is 11.5. The van der Waals surface area contributed by atoms with E-state index in [9.17, 15) is 0 Å². The van der Waals surface area contributed by atoms with Crippen LogP contribution in [0.1, 0.15) is 19.4 Å². The molecule has 1 aromatic carbocycles. The lowest BCUT2D eigenvalue weighted by atomic mass is 10.2. The zero-order valence-electron chi connectivity index (χ0n) is 10.3. The third-order valence-corrected chi connectivity index (χ3v) is 2.36. The van der Waals surface area contributed by atoms with E-state index in [0.29, 0.717) is 11.4 Å². The Kier molecular flexibility index (Phi) is 3.04. The fourth-order valence-electron chi connectivity index (χ4n) is 1.63. The van der Waals surface area contributed by atoms with Crippen molar-refractivity contribution < 1.29 is 4.74 Å². The largest absolute Gasteiger partial charge is 0.489 e. The minimum Gasteiger partial charge on any atom is -0.489 e. The monoisotopic (exact) mass is 231 g/mol. The molecule has 90 valence electrons. The number of ether oxygens (including phenoxy) is 1. The molecule has 0 aliphatic heterocycles. The molecule has 0 aliphatic carbocycles. The van der Waals surface area contributed by atoms with Gasteiger partial charge in [0.1, 0.15) is 11.4 Å². The Bertz CT molecular complexity index is 517. The average molecular weight is 231 g/mol. The van der Waals surface area contributed by atoms with Crippen LogP contribution in [0.3, 0.4) is 0 Å². The highest BCUT2D eigenvalue weighted by Gasteiger charge is 2.09. The summed E-state index contributed by atoms with van der Waals surface area (Å²) in [5.41, 5.74) is 8.64. The zero-order chi connectivity index (χ0) is 12.4. The van der Waals surface area contributed by atoms with Gasteiger partial charge in [-0.1, -0.05) is 6.07 Å². The number of aromatic nitrogens is 2. The van der Waals surface area contributed by atoms with Gasteiger partial charge in [-0.15, -0.1) is 0 Å². The van der Waals surface area contributed by atoms with E-state index in [4.69, 9.17) is 10.5 Å². The Balaban J connectivity index is 2.42. The van der Waals surface area contributed by atoms with Crippen molar-refractivity contribution in [3.8, 4) is 11.4 Å². The molecule has 1 heterocycles. The maximum absolute atomic E-state index is 6.09. The lowest BCUT2D eigenvalue weighted by Crippen LogP contribution is -2.09. The van der Waals surface area contributed by atoms with Gasteiger partial charge in [0.05, 0.1) is 18.0 Å². The van der Waals surface area contributed by atoms with Gasteiger partial charge in [-0.05, 0) is 38.5 Å². The van der Waals surface area contributed by atoms with E-state index in [1.165, 1.54) is 0 Å². The Labute approximate surface area is 101 Å². The molecule has 0 atom stereocenters. The van der Waals surface area contributed by atoms with Crippen LogP contribution in [0, 0.1) is 6.92 Å². The molecule has 2 aromatic rings. The Hall–Kier alpha value is -1.97. The van der Waals surface area contributed by atoms with Crippen LogP contribution in [-0.2, 0) is 0 Å². The predicted octanol–water partition coefficient (Wildman–Crippen LogP) is 2.55. The SMILES string of the molecule is Cc1cnn(-c2cccc(OC(C)C)c2N)c1. The van der Waals surface area contributed by atoms with Crippen LogP contribution < -0.4 is 10.5 Å². The summed E-state index contributed by atoms with van der Waals surface area (Å²) in [7, 11) is 0. The van der Waals surface area contributed by atoms with Crippen molar-refractivity contribution in [3.63, 3.8) is 0 Å². The molecule has 2 rings (SSSR count). The second kappa shape index (κ2) is 4.49. The van der Waals surface area contributed by atoms with Crippen LogP contribution in [0.4, 0.5) is 5.69 Å². The molecular weight excluding hydrogens is 214 g/mol. The Morgan fingerprint density at radius 1 is 1.35 bits per heavy atom. The molecule has 0 amide bonds. The first-order valence-electron chi connectivity index (χ1n) is 5.64. The first-order chi connectivity index (χ1) is 8.08. The van der Waals surface area contributed by atoms with E-state index < -0.39 is 0 Å². The second-order valence-electron chi connectivity index (χ2n) is 4.32. The van der Waals surface area contributed by atoms with E-state index in [0.717, 1.165) is 11.3 Å². The molecule has 0 bridgehead atoms. The topological polar surface area (TPSA) is 53.1 Å². The summed E-state index contributed by atoms with van der Waals surface area (Å²) in [6, 6.07) is 5.71. The Morgan fingerprint density at radius 2 is 2.12 bits per heavy atom. The molecule has 1 aromatic heterocycles. The second-order valence-corrected chi connectivity index (χ2v) is 4.32. The maximum Gasteiger partial charge on any atom is 0.144 e. The summed E-state index contributed by atoms with van der Waals surface area (Å²) in [6.45, 7) is 5.95. The lowest BCUT2D eigenvalue weighted by Gasteiger charge is -2.14. The van der Waals surface area contributed by atoms with Crippen molar-refractivity contribution in [2.75, 3.05) is 5.73 Å². The van der Waals surface area contributed by atoms with E-state index in [-0.39, 0.29) is 6.10 Å². The highest BCUT2D eigenvalue weighted by Crippen LogP contribution is 2.28. The number of hydrogen-bond donors (Lipinski definition) is 1. The molecule has 0 aliphatic rings. The molecule has 4 heteroatoms. The number of hydrogen-bond acceptors (Lipinski definition) is 3. The molecule has 0 saturated carbocycles. The van der Waals surface area contributed by atoms with Crippen molar-refractivity contribution >= 4 is 5.69 Å². The quantitative estimate of drug-likeness (QED) is 0.826. The summed E-state index contributed by atoms with van der Waals surface area (Å²) in [5.74, 6) is 0.700. The van der Waals surface area contributed by atoms with E-state index in [1.54, 1.807) is 10.9 Å². The summed E-state index contributed by atoms with van der Waals surface area (Å²) in [4.78, 5) is 0. The molecule has 0 fully saturated rings. The fourth-order valence-corrected chi connectivity index (χ4v) is 1.63. The highest BCUT2D eigenvalue weighted by atomic mass is 16.5. The van der Waals surface area contributed by atoms with Gasteiger partial charge in [-0.2, -0.15) is 5.10 Å². The molecule has 0 unspecified atom stereocenters. The van der Waals surface area contributed by atoms with Gasteiger partial charge in [-0.3, -0.25) is 0 Å². The standard InChI is InChI=1S/C13H17N3O/c1-9(2)17-12-6-4-5-11(13(12)14)16-8-10(3)7-15-16/h4-9H,14H2,1-3H3. The van der Waals surface area contributed by atoms with Crippen LogP contribution in [0.2, 0.25) is 0 Å². The highest BCUT2D eigenvalue weighted by molar-refractivity contribution is 5.66. The third kappa shape index (κ3) is 2.41. The van der Waals surface area contributed by atoms with Crippen LogP contribution >= 0.6 is 0 Å². The number of nitrogens with zero attached hydrogens (tertiary/aromatic N) is 2. The molecule has 0 radical (unpaired) electrons. The summed E-state index contributed by atoms with van der Waals surface area (Å²) in [6.07, 6.45) is 3.84. The van der Waals surface area contributed by atoms with Gasteiger partial charge < -0.3 is 10.5 Å². The summed E-state index contributed by atoms with van der Waals surface area (Å²) < 4.78 is 7.41. The van der Waals surface area contributed by atoms with Crippen molar-refractivity contribution in [2.24, 2.45) is 0 Å². The zero-order valence-corrected chi connectivity index (χ0v) is 10.3. The van der Waals surface area contributed by atoms with Gasteiger partial charge in [0, 0.05) is 6.20 Å². The van der Waals surface area contributed by atoms with Crippen molar-refractivity contribution in [1.82, 2.24) is 9.78 Å². The van der Waals surface area contributed by atoms with Crippen molar-refractivity contribution in [1.29, 1.82) is 0 Å². The van der Waals surface area contributed by atoms with Gasteiger partial charge >= 0.3 is 0 Å². The number of benzene rings is 1. The fraction of sp³-hybridized carbons (Fsp3) is 0.308. The normalized spacial score (nSPS) is 10.8. The van der Waals surface area contributed by atoms with Crippen molar-refractivity contribution in [3.05, 3.63) is 36.2 Å². The summed E-state index contributed by atoms with van der Waals surface area (Å²) in [5, 5.41) is 4.25. The molecule has 17 heavy (non-hydrogen) atoms. The third-order valence-electron chi connectivity index (χ3n) is 2.36. The number of anilines is 1. The number of rotatable bonds is 3. The molecule has 0 saturated heterocycles. The predicted molar refractivity (Wildman–Crippen MR) is 68.5 cm³/mol. The molecule has 4 nitrogen and oxygen atoms in total. The molecular formula is C13H17N3O. The number of nitrogens with two attached hydrogens (primary N) is 1. The van der Waals surface area contributed by atoms with Gasteiger partial charge in [0.15, 0.2) is 0 Å². The smallest absolute Gasteiger partial charge is 0.144 e. The van der Waals surface area contributed by atoms with E-state index >= 15 is 0 Å². The Morgan fingerprint density at radius 3 is 2.71 bits per heavy atom. The van der Waals surface area contributed by atoms with E-state index in [1.807, 2.05) is 45.2 Å². The van der Waals surface area contributed by atoms with Crippen LogP contribution in [0.15, 0.2) is 30.6 Å². The molecule has 0 spiro atoms. The lowest BCUT2D eigenvalue weighted by molar-refractivity contribution is 0.244. The van der Waals surface area contributed by atoms with Crippen LogP contribution in [0.25, 0.3) is 5.69 Å². The van der Waals surface area contributed by atoms with Crippen LogP contribution in [-0.4, -0.2) is 15.9 Å². The van der Waals surface area contributed by atoms with Gasteiger partial charge in [0.2, 0.25) is 0 Å². The minimum absolute atomic E-state index is 0.104. The number of aryl methyl sites for hydroxylation is 1.